The minimum absolute atomic E-state index is 0.512. The van der Waals surface area contributed by atoms with Crippen LogP contribution in [0.5, 0.6) is 11.5 Å². The van der Waals surface area contributed by atoms with Crippen LogP contribution in [-0.2, 0) is 11.3 Å². The van der Waals surface area contributed by atoms with E-state index in [4.69, 9.17) is 14.3 Å². The normalized spacial score (nSPS) is 10.7. The van der Waals surface area contributed by atoms with Gasteiger partial charge in [-0.1, -0.05) is 6.92 Å². The highest BCUT2D eigenvalue weighted by Gasteiger charge is 2.30. The molecule has 0 amide bonds. The van der Waals surface area contributed by atoms with Gasteiger partial charge in [0.05, 0.1) is 30.0 Å². The molecule has 0 saturated carbocycles. The minimum Gasteiger partial charge on any atom is -0.497 e. The van der Waals surface area contributed by atoms with Crippen LogP contribution in [0.3, 0.4) is 0 Å². The molecule has 0 radical (unpaired) electrons. The molecule has 1 heterocycles. The summed E-state index contributed by atoms with van der Waals surface area (Å²) in [5, 5.41) is 0.810. The van der Waals surface area contributed by atoms with Crippen molar-refractivity contribution < 1.29 is 19.2 Å². The molecule has 3 aromatic rings. The van der Waals surface area contributed by atoms with Crippen LogP contribution in [0.15, 0.2) is 42.5 Å². The SMILES string of the molecule is CCc1c([N+](=O)OC)c2ccc(OC)cc2n1-c1ccc(OC)cc1. The highest BCUT2D eigenvalue weighted by atomic mass is 16.8. The van der Waals surface area contributed by atoms with Crippen molar-refractivity contribution in [3.63, 3.8) is 0 Å². The topological polar surface area (TPSA) is 52.7 Å². The number of hydrogen-bond donors (Lipinski definition) is 0. The Morgan fingerprint density at radius 3 is 2.16 bits per heavy atom. The van der Waals surface area contributed by atoms with Gasteiger partial charge in [0.25, 0.3) is 4.92 Å². The second-order valence-corrected chi connectivity index (χ2v) is 5.51. The summed E-state index contributed by atoms with van der Waals surface area (Å²) in [6.07, 6.45) is 0.667. The van der Waals surface area contributed by atoms with E-state index in [1.54, 1.807) is 14.2 Å². The molecule has 2 aromatic carbocycles. The Morgan fingerprint density at radius 1 is 0.960 bits per heavy atom. The lowest BCUT2D eigenvalue weighted by Gasteiger charge is -2.10. The maximum atomic E-state index is 12.3. The number of fused-ring (bicyclic) bond motifs is 1. The average molecular weight is 341 g/mol. The smallest absolute Gasteiger partial charge is 0.345 e. The quantitative estimate of drug-likeness (QED) is 0.631. The Kier molecular flexibility index (Phi) is 4.61. The van der Waals surface area contributed by atoms with Gasteiger partial charge in [-0.05, 0) is 42.8 Å². The Hall–Kier alpha value is -3.02. The van der Waals surface area contributed by atoms with Crippen molar-refractivity contribution in [1.29, 1.82) is 0 Å². The lowest BCUT2D eigenvalue weighted by molar-refractivity contribution is -0.736. The third-order valence-electron chi connectivity index (χ3n) is 4.26. The van der Waals surface area contributed by atoms with Gasteiger partial charge in [0.1, 0.15) is 17.2 Å². The summed E-state index contributed by atoms with van der Waals surface area (Å²) in [5.41, 5.74) is 3.20. The van der Waals surface area contributed by atoms with Crippen LogP contribution in [0, 0.1) is 4.91 Å². The second kappa shape index (κ2) is 6.84. The first-order valence-corrected chi connectivity index (χ1v) is 8.01. The van der Waals surface area contributed by atoms with Crippen LogP contribution >= 0.6 is 0 Å². The van der Waals surface area contributed by atoms with Gasteiger partial charge in [-0.25, -0.2) is 4.84 Å². The van der Waals surface area contributed by atoms with E-state index in [1.165, 1.54) is 7.11 Å². The van der Waals surface area contributed by atoms with E-state index in [0.717, 1.165) is 33.8 Å². The molecule has 1 aromatic heterocycles. The molecule has 0 N–H and O–H groups in total. The van der Waals surface area contributed by atoms with Gasteiger partial charge in [-0.3, -0.25) is 0 Å². The van der Waals surface area contributed by atoms with Crippen molar-refractivity contribution in [3.05, 3.63) is 53.1 Å². The Morgan fingerprint density at radius 2 is 1.60 bits per heavy atom. The van der Waals surface area contributed by atoms with Crippen molar-refractivity contribution in [1.82, 2.24) is 4.57 Å². The third-order valence-corrected chi connectivity index (χ3v) is 4.26. The van der Waals surface area contributed by atoms with Gasteiger partial charge in [0.15, 0.2) is 7.11 Å². The molecular formula is C19H21N2O4+. The van der Waals surface area contributed by atoms with Crippen LogP contribution < -0.4 is 9.47 Å². The van der Waals surface area contributed by atoms with Crippen LogP contribution in [-0.4, -0.2) is 30.8 Å². The van der Waals surface area contributed by atoms with E-state index in [9.17, 15) is 4.91 Å². The number of benzene rings is 2. The summed E-state index contributed by atoms with van der Waals surface area (Å²) >= 11 is 0. The number of ether oxygens (including phenoxy) is 2. The first-order valence-electron chi connectivity index (χ1n) is 8.01. The molecule has 25 heavy (non-hydrogen) atoms. The average Bonchev–Trinajstić information content (AvgIpc) is 3.00. The maximum absolute atomic E-state index is 12.3. The third kappa shape index (κ3) is 2.80. The molecule has 0 aliphatic carbocycles. The molecule has 0 atom stereocenters. The predicted molar refractivity (Wildman–Crippen MR) is 96.1 cm³/mol. The summed E-state index contributed by atoms with van der Waals surface area (Å²) < 4.78 is 12.7. The van der Waals surface area contributed by atoms with Gasteiger partial charge in [-0.15, -0.1) is 0 Å². The van der Waals surface area contributed by atoms with Crippen molar-refractivity contribution >= 4 is 16.6 Å². The molecule has 130 valence electrons. The lowest BCUT2D eigenvalue weighted by Crippen LogP contribution is -2.04. The van der Waals surface area contributed by atoms with Gasteiger partial charge in [0.2, 0.25) is 0 Å². The number of hydrogen-bond acceptors (Lipinski definition) is 4. The lowest BCUT2D eigenvalue weighted by atomic mass is 10.2. The van der Waals surface area contributed by atoms with E-state index in [-0.39, 0.29) is 0 Å². The summed E-state index contributed by atoms with van der Waals surface area (Å²) in [5.74, 6) is 1.50. The number of rotatable bonds is 6. The molecular weight excluding hydrogens is 320 g/mol. The van der Waals surface area contributed by atoms with Crippen LogP contribution in [0.1, 0.15) is 12.6 Å². The monoisotopic (exact) mass is 341 g/mol. The van der Waals surface area contributed by atoms with Gasteiger partial charge >= 0.3 is 5.69 Å². The summed E-state index contributed by atoms with van der Waals surface area (Å²) in [4.78, 5) is 17.8. The van der Waals surface area contributed by atoms with Crippen molar-refractivity contribution in [2.75, 3.05) is 21.3 Å². The van der Waals surface area contributed by atoms with Gasteiger partial charge in [0, 0.05) is 11.8 Å². The van der Waals surface area contributed by atoms with E-state index < -0.39 is 0 Å². The van der Waals surface area contributed by atoms with Gasteiger partial charge in [-0.2, -0.15) is 0 Å². The van der Waals surface area contributed by atoms with Crippen LogP contribution in [0.25, 0.3) is 16.6 Å². The summed E-state index contributed by atoms with van der Waals surface area (Å²) in [7, 11) is 4.62. The molecule has 6 nitrogen and oxygen atoms in total. The second-order valence-electron chi connectivity index (χ2n) is 5.51. The molecule has 3 rings (SSSR count). The fraction of sp³-hybridized carbons (Fsp3) is 0.263. The highest BCUT2D eigenvalue weighted by Crippen LogP contribution is 2.38. The van der Waals surface area contributed by atoms with E-state index in [1.807, 2.05) is 49.4 Å². The van der Waals surface area contributed by atoms with Gasteiger partial charge < -0.3 is 14.0 Å². The molecule has 0 fully saturated rings. The minimum atomic E-state index is 0.512. The number of methoxy groups -OCH3 is 2. The summed E-state index contributed by atoms with van der Waals surface area (Å²) in [6, 6.07) is 13.4. The van der Waals surface area contributed by atoms with E-state index in [0.29, 0.717) is 17.0 Å². The Bertz CT molecular complexity index is 913. The van der Waals surface area contributed by atoms with Crippen LogP contribution in [0.4, 0.5) is 5.69 Å². The number of nitrogens with zero attached hydrogens (tertiary/aromatic N) is 2. The molecule has 6 heteroatoms. The number of aromatic nitrogens is 1. The fourth-order valence-corrected chi connectivity index (χ4v) is 3.08. The zero-order valence-corrected chi connectivity index (χ0v) is 14.8. The van der Waals surface area contributed by atoms with Crippen molar-refractivity contribution in [3.8, 4) is 17.2 Å². The molecule has 0 unspecified atom stereocenters. The van der Waals surface area contributed by atoms with E-state index >= 15 is 0 Å². The Balaban J connectivity index is 2.35. The van der Waals surface area contributed by atoms with Crippen LogP contribution in [0.2, 0.25) is 0 Å². The largest absolute Gasteiger partial charge is 0.497 e. The molecule has 0 aliphatic heterocycles. The fourth-order valence-electron chi connectivity index (χ4n) is 3.08. The highest BCUT2D eigenvalue weighted by molar-refractivity contribution is 5.94. The zero-order valence-electron chi connectivity index (χ0n) is 14.8. The molecule has 0 saturated heterocycles. The Labute approximate surface area is 146 Å². The molecule has 0 bridgehead atoms. The first kappa shape index (κ1) is 16.8. The maximum Gasteiger partial charge on any atom is 0.345 e. The van der Waals surface area contributed by atoms with Crippen molar-refractivity contribution in [2.24, 2.45) is 0 Å². The van der Waals surface area contributed by atoms with Crippen molar-refractivity contribution in [2.45, 2.75) is 13.3 Å². The molecule has 0 spiro atoms. The predicted octanol–water partition coefficient (Wildman–Crippen LogP) is 4.18. The molecule has 0 aliphatic rings. The zero-order chi connectivity index (χ0) is 18.0. The van der Waals surface area contributed by atoms with E-state index in [2.05, 4.69) is 4.57 Å². The summed E-state index contributed by atoms with van der Waals surface area (Å²) in [6.45, 7) is 2.01. The standard InChI is InChI=1S/C19H21N2O4/c1-5-17-19(21(22)25-4)16-11-10-15(24-3)12-18(16)20(17)13-6-8-14(23-2)9-7-13/h6-12H,5H2,1-4H3/q+1. The first-order chi connectivity index (χ1) is 12.1.